The van der Waals surface area contributed by atoms with Crippen LogP contribution in [-0.2, 0) is 9.59 Å². The van der Waals surface area contributed by atoms with Gasteiger partial charge in [-0.05, 0) is 39.2 Å². The van der Waals surface area contributed by atoms with Gasteiger partial charge in [0, 0.05) is 6.04 Å². The normalized spacial score (nSPS) is 26.3. The van der Waals surface area contributed by atoms with E-state index in [0.717, 1.165) is 6.42 Å². The van der Waals surface area contributed by atoms with E-state index in [-0.39, 0.29) is 18.5 Å². The molecule has 5 nitrogen and oxygen atoms in total. The van der Waals surface area contributed by atoms with E-state index in [2.05, 4.69) is 5.32 Å². The van der Waals surface area contributed by atoms with E-state index in [9.17, 15) is 14.7 Å². The molecule has 18 heavy (non-hydrogen) atoms. The van der Waals surface area contributed by atoms with Crippen LogP contribution in [0.1, 0.15) is 40.5 Å². The first-order valence-corrected chi connectivity index (χ1v) is 6.55. The molecule has 0 aromatic carbocycles. The van der Waals surface area contributed by atoms with Crippen LogP contribution in [0.3, 0.4) is 0 Å². The lowest BCUT2D eigenvalue weighted by molar-refractivity contribution is -0.149. The Morgan fingerprint density at radius 2 is 2.00 bits per heavy atom. The Morgan fingerprint density at radius 1 is 1.39 bits per heavy atom. The molecule has 1 amide bonds. The lowest BCUT2D eigenvalue weighted by atomic mass is 9.99. The van der Waals surface area contributed by atoms with Gasteiger partial charge in [0.1, 0.15) is 5.54 Å². The second-order valence-electron chi connectivity index (χ2n) is 5.70. The van der Waals surface area contributed by atoms with Crippen molar-refractivity contribution in [1.29, 1.82) is 0 Å². The summed E-state index contributed by atoms with van der Waals surface area (Å²) in [7, 11) is 0. The highest BCUT2D eigenvalue weighted by Crippen LogP contribution is 2.28. The van der Waals surface area contributed by atoms with Gasteiger partial charge in [0.2, 0.25) is 5.91 Å². The SMILES string of the molecule is CC(C)C(C)NC(=O)CN1CCCC1(C)C(=O)O. The van der Waals surface area contributed by atoms with E-state index < -0.39 is 11.5 Å². The molecule has 1 fully saturated rings. The molecule has 1 aliphatic rings. The van der Waals surface area contributed by atoms with Crippen molar-refractivity contribution in [3.63, 3.8) is 0 Å². The highest BCUT2D eigenvalue weighted by Gasteiger charge is 2.43. The van der Waals surface area contributed by atoms with Gasteiger partial charge in [-0.15, -0.1) is 0 Å². The van der Waals surface area contributed by atoms with Crippen molar-refractivity contribution in [3.05, 3.63) is 0 Å². The van der Waals surface area contributed by atoms with Gasteiger partial charge < -0.3 is 10.4 Å². The molecule has 0 saturated carbocycles. The molecule has 0 radical (unpaired) electrons. The molecule has 2 atom stereocenters. The number of carbonyl (C=O) groups excluding carboxylic acids is 1. The van der Waals surface area contributed by atoms with Crippen LogP contribution in [0.5, 0.6) is 0 Å². The third kappa shape index (κ3) is 3.22. The first-order chi connectivity index (χ1) is 8.27. The molecule has 2 N–H and O–H groups in total. The zero-order chi connectivity index (χ0) is 13.9. The van der Waals surface area contributed by atoms with Crippen LogP contribution in [0.4, 0.5) is 0 Å². The Bertz CT molecular complexity index is 330. The molecule has 0 bridgehead atoms. The Kier molecular flexibility index (Phi) is 4.73. The number of carbonyl (C=O) groups is 2. The van der Waals surface area contributed by atoms with Crippen molar-refractivity contribution in [3.8, 4) is 0 Å². The summed E-state index contributed by atoms with van der Waals surface area (Å²) < 4.78 is 0. The number of rotatable bonds is 5. The molecule has 1 rings (SSSR count). The van der Waals surface area contributed by atoms with E-state index in [1.807, 2.05) is 20.8 Å². The highest BCUT2D eigenvalue weighted by atomic mass is 16.4. The maximum Gasteiger partial charge on any atom is 0.323 e. The summed E-state index contributed by atoms with van der Waals surface area (Å²) in [5.41, 5.74) is -0.890. The summed E-state index contributed by atoms with van der Waals surface area (Å²) in [5.74, 6) is -0.561. The molecule has 0 aliphatic carbocycles. The van der Waals surface area contributed by atoms with Crippen LogP contribution in [0.2, 0.25) is 0 Å². The molecule has 2 unspecified atom stereocenters. The van der Waals surface area contributed by atoms with E-state index >= 15 is 0 Å². The van der Waals surface area contributed by atoms with Crippen molar-refractivity contribution < 1.29 is 14.7 Å². The topological polar surface area (TPSA) is 69.6 Å². The molecular weight excluding hydrogens is 232 g/mol. The van der Waals surface area contributed by atoms with Crippen LogP contribution in [0, 0.1) is 5.92 Å². The average Bonchev–Trinajstić information content (AvgIpc) is 2.61. The molecule has 5 heteroatoms. The summed E-state index contributed by atoms with van der Waals surface area (Å²) in [4.78, 5) is 24.9. The van der Waals surface area contributed by atoms with Gasteiger partial charge in [-0.25, -0.2) is 0 Å². The molecule has 1 saturated heterocycles. The molecular formula is C13H24N2O3. The van der Waals surface area contributed by atoms with Crippen LogP contribution in [-0.4, -0.2) is 46.6 Å². The standard InChI is InChI=1S/C13H24N2O3/c1-9(2)10(3)14-11(16)8-15-7-5-6-13(15,4)12(17)18/h9-10H,5-8H2,1-4H3,(H,14,16)(H,17,18). The van der Waals surface area contributed by atoms with Gasteiger partial charge >= 0.3 is 5.97 Å². The number of hydrogen-bond donors (Lipinski definition) is 2. The van der Waals surface area contributed by atoms with Crippen molar-refractivity contribution in [2.75, 3.05) is 13.1 Å². The van der Waals surface area contributed by atoms with Gasteiger partial charge in [0.05, 0.1) is 6.54 Å². The Balaban J connectivity index is 2.57. The predicted octanol–water partition coefficient (Wildman–Crippen LogP) is 1.09. The second-order valence-corrected chi connectivity index (χ2v) is 5.70. The largest absolute Gasteiger partial charge is 0.480 e. The number of nitrogens with zero attached hydrogens (tertiary/aromatic N) is 1. The fourth-order valence-electron chi connectivity index (χ4n) is 2.15. The molecule has 0 aromatic heterocycles. The van der Waals surface area contributed by atoms with Crippen molar-refractivity contribution in [1.82, 2.24) is 10.2 Å². The Hall–Kier alpha value is -1.10. The van der Waals surface area contributed by atoms with E-state index in [4.69, 9.17) is 0 Å². The summed E-state index contributed by atoms with van der Waals surface area (Å²) in [6.07, 6.45) is 1.44. The maximum atomic E-state index is 11.9. The van der Waals surface area contributed by atoms with Crippen molar-refractivity contribution in [2.24, 2.45) is 5.92 Å². The van der Waals surface area contributed by atoms with Crippen LogP contribution < -0.4 is 5.32 Å². The third-order valence-electron chi connectivity index (χ3n) is 3.97. The van der Waals surface area contributed by atoms with Crippen LogP contribution in [0.25, 0.3) is 0 Å². The molecule has 0 aromatic rings. The van der Waals surface area contributed by atoms with Gasteiger partial charge in [-0.2, -0.15) is 0 Å². The monoisotopic (exact) mass is 256 g/mol. The van der Waals surface area contributed by atoms with E-state index in [0.29, 0.717) is 18.9 Å². The lowest BCUT2D eigenvalue weighted by Crippen LogP contribution is -2.52. The number of carboxylic acids is 1. The van der Waals surface area contributed by atoms with Gasteiger partial charge in [0.25, 0.3) is 0 Å². The first-order valence-electron chi connectivity index (χ1n) is 6.55. The maximum absolute atomic E-state index is 11.9. The molecule has 0 spiro atoms. The van der Waals surface area contributed by atoms with Crippen LogP contribution in [0.15, 0.2) is 0 Å². The minimum Gasteiger partial charge on any atom is -0.480 e. The smallest absolute Gasteiger partial charge is 0.323 e. The number of aliphatic carboxylic acids is 1. The van der Waals surface area contributed by atoms with Crippen molar-refractivity contribution >= 4 is 11.9 Å². The van der Waals surface area contributed by atoms with E-state index in [1.165, 1.54) is 0 Å². The molecule has 1 heterocycles. The Labute approximate surface area is 109 Å². The number of hydrogen-bond acceptors (Lipinski definition) is 3. The van der Waals surface area contributed by atoms with E-state index in [1.54, 1.807) is 11.8 Å². The number of carboxylic acid groups (broad SMARTS) is 1. The summed E-state index contributed by atoms with van der Waals surface area (Å²) in [6, 6.07) is 0.108. The average molecular weight is 256 g/mol. The fraction of sp³-hybridized carbons (Fsp3) is 0.846. The lowest BCUT2D eigenvalue weighted by Gasteiger charge is -2.31. The quantitative estimate of drug-likeness (QED) is 0.772. The fourth-order valence-corrected chi connectivity index (χ4v) is 2.15. The van der Waals surface area contributed by atoms with Gasteiger partial charge in [0.15, 0.2) is 0 Å². The first kappa shape index (κ1) is 15.0. The summed E-state index contributed by atoms with van der Waals surface area (Å²) >= 11 is 0. The number of amides is 1. The zero-order valence-corrected chi connectivity index (χ0v) is 11.7. The highest BCUT2D eigenvalue weighted by molar-refractivity contribution is 5.82. The third-order valence-corrected chi connectivity index (χ3v) is 3.97. The number of nitrogens with one attached hydrogen (secondary N) is 1. The zero-order valence-electron chi connectivity index (χ0n) is 11.7. The molecule has 104 valence electrons. The van der Waals surface area contributed by atoms with Gasteiger partial charge in [-0.3, -0.25) is 14.5 Å². The minimum absolute atomic E-state index is 0.0921. The van der Waals surface area contributed by atoms with Gasteiger partial charge in [-0.1, -0.05) is 13.8 Å². The summed E-state index contributed by atoms with van der Waals surface area (Å²) in [6.45, 7) is 8.58. The number of likely N-dealkylation sites (tertiary alicyclic amines) is 1. The molecule has 1 aliphatic heterocycles. The van der Waals surface area contributed by atoms with Crippen molar-refractivity contribution in [2.45, 2.75) is 52.1 Å². The van der Waals surface area contributed by atoms with Crippen LogP contribution >= 0.6 is 0 Å². The Morgan fingerprint density at radius 3 is 2.50 bits per heavy atom. The summed E-state index contributed by atoms with van der Waals surface area (Å²) in [5, 5.41) is 12.2. The minimum atomic E-state index is -0.890. The predicted molar refractivity (Wildman–Crippen MR) is 69.3 cm³/mol. The second kappa shape index (κ2) is 5.69.